The molecule has 0 radical (unpaired) electrons. The monoisotopic (exact) mass is 354 g/mol. The highest BCUT2D eigenvalue weighted by Gasteiger charge is 2.50. The zero-order valence-corrected chi connectivity index (χ0v) is 14.3. The van der Waals surface area contributed by atoms with Crippen molar-refractivity contribution in [1.82, 2.24) is 0 Å². The fourth-order valence-corrected chi connectivity index (χ4v) is 2.70. The van der Waals surface area contributed by atoms with E-state index in [9.17, 15) is 14.7 Å². The Balaban J connectivity index is 2.28. The maximum Gasteiger partial charge on any atom is 0.338 e. The van der Waals surface area contributed by atoms with Gasteiger partial charge in [0.25, 0.3) is 0 Å². The minimum absolute atomic E-state index is 0.323. The first kappa shape index (κ1) is 19.3. The summed E-state index contributed by atoms with van der Waals surface area (Å²) in [6.45, 7) is 0.773. The molecule has 5 atom stereocenters. The Morgan fingerprint density at radius 1 is 1.04 bits per heavy atom. The van der Waals surface area contributed by atoms with Gasteiger partial charge >= 0.3 is 11.9 Å². The van der Waals surface area contributed by atoms with E-state index in [1.807, 2.05) is 0 Å². The van der Waals surface area contributed by atoms with E-state index in [2.05, 4.69) is 0 Å². The van der Waals surface area contributed by atoms with E-state index in [1.165, 1.54) is 21.1 Å². The van der Waals surface area contributed by atoms with Gasteiger partial charge < -0.3 is 28.8 Å². The van der Waals surface area contributed by atoms with Gasteiger partial charge in [-0.3, -0.25) is 4.79 Å². The molecule has 1 aliphatic rings. The molecule has 0 spiro atoms. The molecule has 2 rings (SSSR count). The highest BCUT2D eigenvalue weighted by atomic mass is 16.7. The summed E-state index contributed by atoms with van der Waals surface area (Å²) in [6, 6.07) is 8.34. The third-order valence-electron chi connectivity index (χ3n) is 3.83. The van der Waals surface area contributed by atoms with Crippen LogP contribution in [0.15, 0.2) is 30.3 Å². The van der Waals surface area contributed by atoms with Crippen molar-refractivity contribution < 1.29 is 38.4 Å². The van der Waals surface area contributed by atoms with Gasteiger partial charge in [0.05, 0.1) is 12.2 Å². The van der Waals surface area contributed by atoms with Crippen molar-refractivity contribution in [1.29, 1.82) is 0 Å². The second kappa shape index (κ2) is 8.91. The summed E-state index contributed by atoms with van der Waals surface area (Å²) in [6.07, 6.45) is -4.71. The molecule has 0 amide bonds. The zero-order chi connectivity index (χ0) is 18.4. The Morgan fingerprint density at radius 2 is 1.72 bits per heavy atom. The predicted molar refractivity (Wildman–Crippen MR) is 84.8 cm³/mol. The van der Waals surface area contributed by atoms with Gasteiger partial charge in [-0.05, 0) is 12.1 Å². The second-order valence-electron chi connectivity index (χ2n) is 5.47. The smallest absolute Gasteiger partial charge is 0.338 e. The molecule has 25 heavy (non-hydrogen) atoms. The summed E-state index contributed by atoms with van der Waals surface area (Å²) in [5.74, 6) is -1.21. The van der Waals surface area contributed by atoms with Crippen LogP contribution in [0.1, 0.15) is 17.3 Å². The van der Waals surface area contributed by atoms with Crippen molar-refractivity contribution in [2.24, 2.45) is 0 Å². The molecule has 1 aromatic carbocycles. The van der Waals surface area contributed by atoms with Gasteiger partial charge in [-0.15, -0.1) is 0 Å². The number of carbonyl (C=O) groups is 2. The van der Waals surface area contributed by atoms with Gasteiger partial charge in [0, 0.05) is 21.1 Å². The first-order valence-electron chi connectivity index (χ1n) is 7.77. The van der Waals surface area contributed by atoms with Crippen LogP contribution in [0, 0.1) is 0 Å². The minimum Gasteiger partial charge on any atom is -0.455 e. The van der Waals surface area contributed by atoms with E-state index >= 15 is 0 Å². The van der Waals surface area contributed by atoms with Crippen LogP contribution in [0.3, 0.4) is 0 Å². The number of rotatable bonds is 6. The number of aliphatic hydroxyl groups is 1. The van der Waals surface area contributed by atoms with Gasteiger partial charge in [-0.2, -0.15) is 0 Å². The van der Waals surface area contributed by atoms with Gasteiger partial charge in [0.1, 0.15) is 12.2 Å². The van der Waals surface area contributed by atoms with Crippen LogP contribution in [-0.4, -0.2) is 68.6 Å². The molecule has 1 N–H and O–H groups in total. The normalized spacial score (nSPS) is 29.0. The Labute approximate surface area is 145 Å². The molecular weight excluding hydrogens is 332 g/mol. The molecule has 138 valence electrons. The van der Waals surface area contributed by atoms with Crippen molar-refractivity contribution in [2.45, 2.75) is 37.6 Å². The number of methoxy groups -OCH3 is 2. The standard InChI is InChI=1S/C17H22O8/c1-10(19)23-14-13(25-16(20)11-7-5-4-6-8-11)12(9-18)24-17(22-3)15(14)21-2/h4-8,12-15,17-18H,9H2,1-3H3/t12-,13-,14-,15+,17+/m1/s1. The number of carbonyl (C=O) groups excluding carboxylic acids is 2. The van der Waals surface area contributed by atoms with Crippen LogP contribution < -0.4 is 0 Å². The number of ether oxygens (including phenoxy) is 5. The molecule has 0 unspecified atom stereocenters. The summed E-state index contributed by atoms with van der Waals surface area (Å²) >= 11 is 0. The van der Waals surface area contributed by atoms with Gasteiger partial charge in [-0.25, -0.2) is 4.79 Å². The Morgan fingerprint density at radius 3 is 2.24 bits per heavy atom. The quantitative estimate of drug-likeness (QED) is 0.738. The SMILES string of the molecule is CO[C@H]1O[C@H](CO)[C@@H](OC(=O)c2ccccc2)[C@@H](OC(C)=O)[C@@H]1OC. The van der Waals surface area contributed by atoms with Gasteiger partial charge in [0.15, 0.2) is 18.5 Å². The second-order valence-corrected chi connectivity index (χ2v) is 5.47. The number of hydrogen-bond donors (Lipinski definition) is 1. The summed E-state index contributed by atoms with van der Waals surface area (Å²) in [5.41, 5.74) is 0.323. The molecule has 8 nitrogen and oxygen atoms in total. The van der Waals surface area contributed by atoms with E-state index in [-0.39, 0.29) is 0 Å². The largest absolute Gasteiger partial charge is 0.455 e. The number of hydrogen-bond acceptors (Lipinski definition) is 8. The van der Waals surface area contributed by atoms with Crippen molar-refractivity contribution in [3.05, 3.63) is 35.9 Å². The molecule has 1 aromatic rings. The lowest BCUT2D eigenvalue weighted by Gasteiger charge is -2.43. The minimum atomic E-state index is -1.06. The summed E-state index contributed by atoms with van der Waals surface area (Å²) < 4.78 is 26.9. The van der Waals surface area contributed by atoms with Crippen LogP contribution in [-0.2, 0) is 28.5 Å². The van der Waals surface area contributed by atoms with Crippen molar-refractivity contribution in [3.8, 4) is 0 Å². The predicted octanol–water partition coefficient (Wildman–Crippen LogP) is 0.522. The fraction of sp³-hybridized carbons (Fsp3) is 0.529. The van der Waals surface area contributed by atoms with Crippen LogP contribution in [0.5, 0.6) is 0 Å². The molecule has 8 heteroatoms. The lowest BCUT2D eigenvalue weighted by Crippen LogP contribution is -2.62. The van der Waals surface area contributed by atoms with Crippen molar-refractivity contribution >= 4 is 11.9 Å². The maximum atomic E-state index is 12.4. The Bertz CT molecular complexity index is 575. The molecule has 0 aliphatic carbocycles. The van der Waals surface area contributed by atoms with E-state index in [0.717, 1.165) is 0 Å². The van der Waals surface area contributed by atoms with E-state index < -0.39 is 49.3 Å². The average Bonchev–Trinajstić information content (AvgIpc) is 2.62. The van der Waals surface area contributed by atoms with Crippen molar-refractivity contribution in [2.75, 3.05) is 20.8 Å². The highest BCUT2D eigenvalue weighted by molar-refractivity contribution is 5.89. The average molecular weight is 354 g/mol. The first-order valence-corrected chi connectivity index (χ1v) is 7.77. The van der Waals surface area contributed by atoms with Crippen molar-refractivity contribution in [3.63, 3.8) is 0 Å². The van der Waals surface area contributed by atoms with Gasteiger partial charge in [-0.1, -0.05) is 18.2 Å². The molecule has 1 aliphatic heterocycles. The van der Waals surface area contributed by atoms with Crippen LogP contribution in [0.2, 0.25) is 0 Å². The molecule has 1 saturated heterocycles. The van der Waals surface area contributed by atoms with E-state index in [0.29, 0.717) is 5.56 Å². The third kappa shape index (κ3) is 4.55. The topological polar surface area (TPSA) is 101 Å². The fourth-order valence-electron chi connectivity index (χ4n) is 2.70. The molecule has 0 aromatic heterocycles. The van der Waals surface area contributed by atoms with E-state index in [4.69, 9.17) is 23.7 Å². The summed E-state index contributed by atoms with van der Waals surface area (Å²) in [5, 5.41) is 9.62. The number of esters is 2. The maximum absolute atomic E-state index is 12.4. The first-order chi connectivity index (χ1) is 12.0. The molecular formula is C17H22O8. The molecule has 0 saturated carbocycles. The van der Waals surface area contributed by atoms with Crippen LogP contribution in [0.4, 0.5) is 0 Å². The Kier molecular flexibility index (Phi) is 6.89. The van der Waals surface area contributed by atoms with E-state index in [1.54, 1.807) is 30.3 Å². The lowest BCUT2D eigenvalue weighted by atomic mass is 9.98. The Hall–Kier alpha value is -2.00. The van der Waals surface area contributed by atoms with Gasteiger partial charge in [0.2, 0.25) is 0 Å². The molecule has 1 fully saturated rings. The number of benzene rings is 1. The summed E-state index contributed by atoms with van der Waals surface area (Å²) in [7, 11) is 2.79. The summed E-state index contributed by atoms with van der Waals surface area (Å²) in [4.78, 5) is 23.9. The van der Waals surface area contributed by atoms with Crippen LogP contribution >= 0.6 is 0 Å². The zero-order valence-electron chi connectivity index (χ0n) is 14.3. The molecule has 1 heterocycles. The van der Waals surface area contributed by atoms with Crippen LogP contribution in [0.25, 0.3) is 0 Å². The molecule has 0 bridgehead atoms. The highest BCUT2D eigenvalue weighted by Crippen LogP contribution is 2.29. The lowest BCUT2D eigenvalue weighted by molar-refractivity contribution is -0.300. The number of aliphatic hydroxyl groups excluding tert-OH is 1. The third-order valence-corrected chi connectivity index (χ3v) is 3.83.